The molecule has 1 aliphatic rings. The molecule has 1 aliphatic heterocycles. The van der Waals surface area contributed by atoms with Crippen LogP contribution in [0.15, 0.2) is 0 Å². The summed E-state index contributed by atoms with van der Waals surface area (Å²) in [6.07, 6.45) is 1.23. The van der Waals surface area contributed by atoms with Crippen molar-refractivity contribution in [1.82, 2.24) is 4.90 Å². The third-order valence-corrected chi connectivity index (χ3v) is 2.80. The summed E-state index contributed by atoms with van der Waals surface area (Å²) in [6, 6.07) is 0.803. The van der Waals surface area contributed by atoms with Gasteiger partial charge in [0, 0.05) is 25.2 Å². The van der Waals surface area contributed by atoms with Crippen LogP contribution >= 0.6 is 0 Å². The van der Waals surface area contributed by atoms with Gasteiger partial charge in [0.25, 0.3) is 0 Å². The highest BCUT2D eigenvalue weighted by molar-refractivity contribution is 4.80. The molecule has 78 valence electrons. The fourth-order valence-electron chi connectivity index (χ4n) is 1.69. The van der Waals surface area contributed by atoms with E-state index in [1.54, 1.807) is 0 Å². The van der Waals surface area contributed by atoms with E-state index in [9.17, 15) is 0 Å². The molecule has 13 heavy (non-hydrogen) atoms. The van der Waals surface area contributed by atoms with Gasteiger partial charge in [0.15, 0.2) is 0 Å². The van der Waals surface area contributed by atoms with Crippen molar-refractivity contribution in [3.63, 3.8) is 0 Å². The topological polar surface area (TPSA) is 38.5 Å². The Morgan fingerprint density at radius 2 is 2.23 bits per heavy atom. The molecule has 1 fully saturated rings. The SMILES string of the molecule is CC[C@@H](N)C1CN(C(C)C)CCO1. The summed E-state index contributed by atoms with van der Waals surface area (Å²) in [6.45, 7) is 9.43. The van der Waals surface area contributed by atoms with E-state index in [0.717, 1.165) is 26.1 Å². The molecule has 1 heterocycles. The molecule has 0 aromatic rings. The van der Waals surface area contributed by atoms with Gasteiger partial charge in [-0.1, -0.05) is 6.92 Å². The van der Waals surface area contributed by atoms with Crippen LogP contribution in [0.1, 0.15) is 27.2 Å². The minimum absolute atomic E-state index is 0.196. The van der Waals surface area contributed by atoms with E-state index >= 15 is 0 Å². The third-order valence-electron chi connectivity index (χ3n) is 2.80. The highest BCUT2D eigenvalue weighted by Gasteiger charge is 2.25. The highest BCUT2D eigenvalue weighted by atomic mass is 16.5. The Bertz CT molecular complexity index is 150. The molecule has 0 bridgehead atoms. The molecule has 0 amide bonds. The first kappa shape index (κ1) is 11.0. The van der Waals surface area contributed by atoms with Crippen molar-refractivity contribution < 1.29 is 4.74 Å². The van der Waals surface area contributed by atoms with Crippen LogP contribution in [-0.2, 0) is 4.74 Å². The van der Waals surface area contributed by atoms with Gasteiger partial charge in [-0.25, -0.2) is 0 Å². The number of hydrogen-bond donors (Lipinski definition) is 1. The quantitative estimate of drug-likeness (QED) is 0.709. The molecule has 0 aromatic carbocycles. The minimum atomic E-state index is 0.196. The van der Waals surface area contributed by atoms with Crippen molar-refractivity contribution in [2.75, 3.05) is 19.7 Å². The normalized spacial score (nSPS) is 27.9. The van der Waals surface area contributed by atoms with Crippen LogP contribution in [0.5, 0.6) is 0 Å². The zero-order chi connectivity index (χ0) is 9.84. The molecule has 2 N–H and O–H groups in total. The minimum Gasteiger partial charge on any atom is -0.374 e. The Balaban J connectivity index is 2.41. The fourth-order valence-corrected chi connectivity index (χ4v) is 1.69. The van der Waals surface area contributed by atoms with Crippen molar-refractivity contribution in [2.24, 2.45) is 5.73 Å². The standard InChI is InChI=1S/C10H22N2O/c1-4-9(11)10-7-12(8(2)3)5-6-13-10/h8-10H,4-7,11H2,1-3H3/t9-,10?/m1/s1. The van der Waals surface area contributed by atoms with Gasteiger partial charge >= 0.3 is 0 Å². The number of nitrogens with two attached hydrogens (primary N) is 1. The Morgan fingerprint density at radius 3 is 2.77 bits per heavy atom. The summed E-state index contributed by atoms with van der Waals surface area (Å²) in [5, 5.41) is 0. The van der Waals surface area contributed by atoms with E-state index in [1.807, 2.05) is 0 Å². The molecular weight excluding hydrogens is 164 g/mol. The Morgan fingerprint density at radius 1 is 1.54 bits per heavy atom. The molecule has 3 nitrogen and oxygen atoms in total. The van der Waals surface area contributed by atoms with Crippen LogP contribution in [0.25, 0.3) is 0 Å². The van der Waals surface area contributed by atoms with Gasteiger partial charge in [-0.15, -0.1) is 0 Å². The van der Waals surface area contributed by atoms with Gasteiger partial charge in [0.1, 0.15) is 0 Å². The summed E-state index contributed by atoms with van der Waals surface area (Å²) in [5.74, 6) is 0. The van der Waals surface area contributed by atoms with Crippen molar-refractivity contribution in [1.29, 1.82) is 0 Å². The van der Waals surface area contributed by atoms with Crippen molar-refractivity contribution in [3.05, 3.63) is 0 Å². The van der Waals surface area contributed by atoms with E-state index in [2.05, 4.69) is 25.7 Å². The van der Waals surface area contributed by atoms with Crippen LogP contribution in [0.3, 0.4) is 0 Å². The zero-order valence-corrected chi connectivity index (χ0v) is 8.99. The van der Waals surface area contributed by atoms with E-state index in [1.165, 1.54) is 0 Å². The van der Waals surface area contributed by atoms with E-state index in [4.69, 9.17) is 10.5 Å². The van der Waals surface area contributed by atoms with Crippen LogP contribution in [-0.4, -0.2) is 42.8 Å². The highest BCUT2D eigenvalue weighted by Crippen LogP contribution is 2.11. The third kappa shape index (κ3) is 2.93. The molecular formula is C10H22N2O. The predicted molar refractivity (Wildman–Crippen MR) is 54.7 cm³/mol. The largest absolute Gasteiger partial charge is 0.374 e. The van der Waals surface area contributed by atoms with E-state index in [0.29, 0.717) is 6.04 Å². The number of morpholine rings is 1. The predicted octanol–water partition coefficient (Wildman–Crippen LogP) is 0.833. The van der Waals surface area contributed by atoms with Crippen molar-refractivity contribution in [2.45, 2.75) is 45.4 Å². The van der Waals surface area contributed by atoms with Gasteiger partial charge in [-0.3, -0.25) is 4.90 Å². The molecule has 0 aromatic heterocycles. The lowest BCUT2D eigenvalue weighted by Gasteiger charge is -2.37. The average molecular weight is 186 g/mol. The van der Waals surface area contributed by atoms with E-state index < -0.39 is 0 Å². The first-order chi connectivity index (χ1) is 6.15. The van der Waals surface area contributed by atoms with Gasteiger partial charge < -0.3 is 10.5 Å². The van der Waals surface area contributed by atoms with Crippen molar-refractivity contribution in [3.8, 4) is 0 Å². The first-order valence-electron chi connectivity index (χ1n) is 5.26. The molecule has 1 rings (SSSR count). The second-order valence-corrected chi connectivity index (χ2v) is 4.07. The average Bonchev–Trinajstić information content (AvgIpc) is 2.17. The Kier molecular flexibility index (Phi) is 4.16. The van der Waals surface area contributed by atoms with Crippen molar-refractivity contribution >= 4 is 0 Å². The monoisotopic (exact) mass is 186 g/mol. The van der Waals surface area contributed by atoms with Crippen LogP contribution in [0, 0.1) is 0 Å². The maximum absolute atomic E-state index is 5.96. The van der Waals surface area contributed by atoms with Crippen LogP contribution in [0.2, 0.25) is 0 Å². The number of nitrogens with zero attached hydrogens (tertiary/aromatic N) is 1. The fraction of sp³-hybridized carbons (Fsp3) is 1.00. The number of rotatable bonds is 3. The molecule has 0 saturated carbocycles. The lowest BCUT2D eigenvalue weighted by molar-refractivity contribution is -0.0500. The number of ether oxygens (including phenoxy) is 1. The van der Waals surface area contributed by atoms with Crippen LogP contribution in [0.4, 0.5) is 0 Å². The summed E-state index contributed by atoms with van der Waals surface area (Å²) in [7, 11) is 0. The van der Waals surface area contributed by atoms with E-state index in [-0.39, 0.29) is 12.1 Å². The summed E-state index contributed by atoms with van der Waals surface area (Å²) in [4.78, 5) is 2.43. The van der Waals surface area contributed by atoms with Gasteiger partial charge in [-0.2, -0.15) is 0 Å². The summed E-state index contributed by atoms with van der Waals surface area (Å²) >= 11 is 0. The number of hydrogen-bond acceptors (Lipinski definition) is 3. The molecule has 0 aliphatic carbocycles. The first-order valence-corrected chi connectivity index (χ1v) is 5.26. The summed E-state index contributed by atoms with van der Waals surface area (Å²) < 4.78 is 5.64. The smallest absolute Gasteiger partial charge is 0.0853 e. The maximum Gasteiger partial charge on any atom is 0.0853 e. The Hall–Kier alpha value is -0.120. The van der Waals surface area contributed by atoms with Gasteiger partial charge in [0.05, 0.1) is 12.7 Å². The van der Waals surface area contributed by atoms with Crippen LogP contribution < -0.4 is 5.73 Å². The molecule has 3 heteroatoms. The van der Waals surface area contributed by atoms with Gasteiger partial charge in [-0.05, 0) is 20.3 Å². The molecule has 1 saturated heterocycles. The molecule has 0 radical (unpaired) electrons. The van der Waals surface area contributed by atoms with Gasteiger partial charge in [0.2, 0.25) is 0 Å². The molecule has 2 atom stereocenters. The molecule has 0 spiro atoms. The Labute approximate surface area is 81.2 Å². The lowest BCUT2D eigenvalue weighted by atomic mass is 10.1. The second kappa shape index (κ2) is 4.94. The second-order valence-electron chi connectivity index (χ2n) is 4.07. The molecule has 1 unspecified atom stereocenters. The summed E-state index contributed by atoms with van der Waals surface area (Å²) in [5.41, 5.74) is 5.96. The maximum atomic E-state index is 5.96. The zero-order valence-electron chi connectivity index (χ0n) is 8.99. The lowest BCUT2D eigenvalue weighted by Crippen LogP contribution is -2.52.